The van der Waals surface area contributed by atoms with Gasteiger partial charge in [-0.05, 0) is 60.2 Å². The van der Waals surface area contributed by atoms with E-state index in [0.717, 1.165) is 44.3 Å². The predicted octanol–water partition coefficient (Wildman–Crippen LogP) is 3.24. The Bertz CT molecular complexity index is 908. The number of urea groups is 1. The maximum atomic E-state index is 13.5. The summed E-state index contributed by atoms with van der Waals surface area (Å²) in [6.45, 7) is 2.05. The number of fused-ring (bicyclic) bond motifs is 3. The van der Waals surface area contributed by atoms with Gasteiger partial charge >= 0.3 is 6.03 Å². The fourth-order valence-corrected chi connectivity index (χ4v) is 5.62. The number of aryl methyl sites for hydroxylation is 1. The van der Waals surface area contributed by atoms with Crippen molar-refractivity contribution < 1.29 is 9.59 Å². The van der Waals surface area contributed by atoms with Crippen LogP contribution in [0.5, 0.6) is 0 Å². The molecule has 140 valence electrons. The van der Waals surface area contributed by atoms with E-state index in [-0.39, 0.29) is 11.9 Å². The highest BCUT2D eigenvalue weighted by atomic mass is 32.1. The molecule has 3 amide bonds. The van der Waals surface area contributed by atoms with Gasteiger partial charge in [0, 0.05) is 18.0 Å². The van der Waals surface area contributed by atoms with Crippen molar-refractivity contribution in [1.82, 2.24) is 15.1 Å². The van der Waals surface area contributed by atoms with E-state index in [2.05, 4.69) is 27.7 Å². The minimum absolute atomic E-state index is 0.0852. The van der Waals surface area contributed by atoms with Crippen LogP contribution in [0, 0.1) is 0 Å². The molecule has 3 heterocycles. The number of thiophene rings is 1. The van der Waals surface area contributed by atoms with Gasteiger partial charge in [-0.2, -0.15) is 0 Å². The Kier molecular flexibility index (Phi) is 4.06. The summed E-state index contributed by atoms with van der Waals surface area (Å²) in [6, 6.07) is 9.99. The van der Waals surface area contributed by atoms with Crippen molar-refractivity contribution in [2.24, 2.45) is 0 Å². The zero-order valence-electron chi connectivity index (χ0n) is 15.2. The van der Waals surface area contributed by atoms with Gasteiger partial charge in [0.2, 0.25) is 0 Å². The number of amides is 3. The summed E-state index contributed by atoms with van der Waals surface area (Å²) in [5, 5.41) is 5.21. The van der Waals surface area contributed by atoms with E-state index in [1.165, 1.54) is 20.9 Å². The molecule has 1 unspecified atom stereocenters. The van der Waals surface area contributed by atoms with Crippen molar-refractivity contribution in [3.05, 3.63) is 57.3 Å². The fraction of sp³-hybridized carbons (Fsp3) is 0.429. The SMILES string of the molecule is O=C1NC2(CCCCc3ccccc32)C(=O)N1CN1CCc2sccc2C1. The van der Waals surface area contributed by atoms with Crippen molar-refractivity contribution in [2.75, 3.05) is 13.2 Å². The number of imide groups is 1. The minimum Gasteiger partial charge on any atom is -0.319 e. The van der Waals surface area contributed by atoms with Gasteiger partial charge in [0.15, 0.2) is 0 Å². The number of hydrogen-bond acceptors (Lipinski definition) is 4. The van der Waals surface area contributed by atoms with Gasteiger partial charge in [0.05, 0.1) is 6.67 Å². The number of carbonyl (C=O) groups excluding carboxylic acids is 2. The van der Waals surface area contributed by atoms with Crippen molar-refractivity contribution in [3.63, 3.8) is 0 Å². The normalized spacial score (nSPS) is 25.3. The second-order valence-corrected chi connectivity index (χ2v) is 8.75. The Balaban J connectivity index is 1.42. The molecule has 1 aliphatic carbocycles. The van der Waals surface area contributed by atoms with Crippen molar-refractivity contribution in [2.45, 2.75) is 44.2 Å². The van der Waals surface area contributed by atoms with Crippen molar-refractivity contribution in [1.29, 1.82) is 0 Å². The third-order valence-electron chi connectivity index (χ3n) is 6.13. The summed E-state index contributed by atoms with van der Waals surface area (Å²) >= 11 is 1.80. The lowest BCUT2D eigenvalue weighted by Crippen LogP contribution is -2.46. The molecule has 27 heavy (non-hydrogen) atoms. The molecule has 6 heteroatoms. The number of carbonyl (C=O) groups is 2. The first kappa shape index (κ1) is 17.0. The van der Waals surface area contributed by atoms with E-state index in [0.29, 0.717) is 13.1 Å². The van der Waals surface area contributed by atoms with E-state index in [1.807, 2.05) is 18.2 Å². The number of benzene rings is 1. The van der Waals surface area contributed by atoms with Crippen LogP contribution in [-0.2, 0) is 29.7 Å². The molecule has 0 bridgehead atoms. The zero-order valence-corrected chi connectivity index (χ0v) is 16.1. The molecule has 1 aromatic heterocycles. The highest BCUT2D eigenvalue weighted by Crippen LogP contribution is 2.39. The molecule has 2 aliphatic heterocycles. The standard InChI is InChI=1S/C21H23N3O2S/c25-19-21(10-4-3-6-15-5-1-2-7-17(15)21)22-20(26)24(19)14-23-11-8-18-16(13-23)9-12-27-18/h1-2,5,7,9,12H,3-4,6,8,10-11,13-14H2,(H,22,26). The third-order valence-corrected chi connectivity index (χ3v) is 7.15. The molecule has 1 spiro atoms. The average Bonchev–Trinajstić information content (AvgIpc) is 3.17. The number of nitrogens with one attached hydrogen (secondary N) is 1. The summed E-state index contributed by atoms with van der Waals surface area (Å²) in [6.07, 6.45) is 4.63. The average molecular weight is 382 g/mol. The van der Waals surface area contributed by atoms with Crippen molar-refractivity contribution >= 4 is 23.3 Å². The quantitative estimate of drug-likeness (QED) is 0.813. The highest BCUT2D eigenvalue weighted by Gasteiger charge is 2.53. The Morgan fingerprint density at radius 2 is 1.96 bits per heavy atom. The van der Waals surface area contributed by atoms with E-state index in [1.54, 1.807) is 11.3 Å². The smallest absolute Gasteiger partial charge is 0.319 e. The minimum atomic E-state index is -0.881. The summed E-state index contributed by atoms with van der Waals surface area (Å²) in [5.41, 5.74) is 2.62. The number of nitrogens with zero attached hydrogens (tertiary/aromatic N) is 2. The highest BCUT2D eigenvalue weighted by molar-refractivity contribution is 7.10. The molecule has 1 N–H and O–H groups in total. The van der Waals surface area contributed by atoms with E-state index >= 15 is 0 Å². The molecular weight excluding hydrogens is 358 g/mol. The number of rotatable bonds is 2. The molecular formula is C21H23N3O2S. The summed E-state index contributed by atoms with van der Waals surface area (Å²) in [7, 11) is 0. The van der Waals surface area contributed by atoms with Gasteiger partial charge in [0.25, 0.3) is 5.91 Å². The first-order valence-corrected chi connectivity index (χ1v) is 10.6. The second kappa shape index (κ2) is 6.46. The lowest BCUT2D eigenvalue weighted by atomic mass is 9.84. The van der Waals surface area contributed by atoms with Crippen LogP contribution in [0.1, 0.15) is 40.8 Å². The van der Waals surface area contributed by atoms with E-state index in [4.69, 9.17) is 0 Å². The maximum Gasteiger partial charge on any atom is 0.326 e. The molecule has 1 fully saturated rings. The summed E-state index contributed by atoms with van der Waals surface area (Å²) < 4.78 is 0. The van der Waals surface area contributed by atoms with Crippen LogP contribution < -0.4 is 5.32 Å². The molecule has 2 aromatic rings. The third kappa shape index (κ3) is 2.70. The zero-order chi connectivity index (χ0) is 18.4. The Hall–Kier alpha value is -2.18. The summed E-state index contributed by atoms with van der Waals surface area (Å²) in [4.78, 5) is 31.4. The van der Waals surface area contributed by atoms with Crippen molar-refractivity contribution in [3.8, 4) is 0 Å². The maximum absolute atomic E-state index is 13.5. The van der Waals surface area contributed by atoms with Gasteiger partial charge < -0.3 is 5.32 Å². The Morgan fingerprint density at radius 1 is 1.07 bits per heavy atom. The van der Waals surface area contributed by atoms with Gasteiger partial charge in [0.1, 0.15) is 5.54 Å². The van der Waals surface area contributed by atoms with E-state index < -0.39 is 5.54 Å². The van der Waals surface area contributed by atoms with Crippen LogP contribution in [0.2, 0.25) is 0 Å². The first-order valence-electron chi connectivity index (χ1n) is 9.67. The van der Waals surface area contributed by atoms with Crippen LogP contribution in [0.3, 0.4) is 0 Å². The van der Waals surface area contributed by atoms with E-state index in [9.17, 15) is 9.59 Å². The van der Waals surface area contributed by atoms with Gasteiger partial charge in [-0.25, -0.2) is 9.69 Å². The fourth-order valence-electron chi connectivity index (χ4n) is 4.73. The molecule has 0 radical (unpaired) electrons. The molecule has 5 nitrogen and oxygen atoms in total. The van der Waals surface area contributed by atoms with Crippen LogP contribution >= 0.6 is 11.3 Å². The molecule has 5 rings (SSSR count). The molecule has 1 atom stereocenters. The van der Waals surface area contributed by atoms with Crippen LogP contribution in [0.4, 0.5) is 4.79 Å². The number of hydrogen-bond donors (Lipinski definition) is 1. The molecule has 3 aliphatic rings. The van der Waals surface area contributed by atoms with Gasteiger partial charge in [-0.1, -0.05) is 24.3 Å². The topological polar surface area (TPSA) is 52.7 Å². The van der Waals surface area contributed by atoms with Gasteiger partial charge in [-0.3, -0.25) is 9.69 Å². The lowest BCUT2D eigenvalue weighted by Gasteiger charge is -2.31. The monoisotopic (exact) mass is 381 g/mol. The molecule has 1 aromatic carbocycles. The second-order valence-electron chi connectivity index (χ2n) is 7.75. The Morgan fingerprint density at radius 3 is 2.89 bits per heavy atom. The summed E-state index contributed by atoms with van der Waals surface area (Å²) in [5.74, 6) is -0.0852. The van der Waals surface area contributed by atoms with Crippen LogP contribution in [0.25, 0.3) is 0 Å². The van der Waals surface area contributed by atoms with Gasteiger partial charge in [-0.15, -0.1) is 11.3 Å². The lowest BCUT2D eigenvalue weighted by molar-refractivity contribution is -0.133. The van der Waals surface area contributed by atoms with Crippen LogP contribution in [0.15, 0.2) is 35.7 Å². The molecule has 0 saturated carbocycles. The van der Waals surface area contributed by atoms with Crippen LogP contribution in [-0.4, -0.2) is 35.0 Å². The molecule has 1 saturated heterocycles. The Labute approximate surface area is 163 Å². The predicted molar refractivity (Wildman–Crippen MR) is 104 cm³/mol. The largest absolute Gasteiger partial charge is 0.326 e. The first-order chi connectivity index (χ1) is 13.2.